The van der Waals surface area contributed by atoms with Crippen LogP contribution in [0.4, 0.5) is 0 Å². The number of carbonyl (C=O) groups excluding carboxylic acids is 1. The van der Waals surface area contributed by atoms with E-state index in [-0.39, 0.29) is 11.8 Å². The van der Waals surface area contributed by atoms with Gasteiger partial charge in [0.1, 0.15) is 0 Å². The third-order valence-corrected chi connectivity index (χ3v) is 4.51. The highest BCUT2D eigenvalue weighted by Gasteiger charge is 2.24. The number of nitrogens with zero attached hydrogens (tertiary/aromatic N) is 1. The van der Waals surface area contributed by atoms with Gasteiger partial charge in [-0.1, -0.05) is 37.6 Å². The number of benzene rings is 1. The third kappa shape index (κ3) is 5.62. The van der Waals surface area contributed by atoms with E-state index in [9.17, 15) is 4.79 Å². The van der Waals surface area contributed by atoms with Crippen molar-refractivity contribution in [3.05, 3.63) is 34.9 Å². The molecule has 1 aromatic carbocycles. The quantitative estimate of drug-likeness (QED) is 0.865. The van der Waals surface area contributed by atoms with Gasteiger partial charge in [-0.15, -0.1) is 0 Å². The molecule has 1 fully saturated rings. The Morgan fingerprint density at radius 2 is 2.09 bits per heavy atom. The lowest BCUT2D eigenvalue weighted by Crippen LogP contribution is -2.40. The number of likely N-dealkylation sites (tertiary alicyclic amines) is 1. The molecule has 0 unspecified atom stereocenters. The van der Waals surface area contributed by atoms with Crippen molar-refractivity contribution in [2.24, 2.45) is 11.8 Å². The fraction of sp³-hybridized carbons (Fsp3) is 0.611. The smallest absolute Gasteiger partial charge is 0.223 e. The Bertz CT molecular complexity index is 482. The van der Waals surface area contributed by atoms with Crippen molar-refractivity contribution in [1.29, 1.82) is 0 Å². The number of piperidine rings is 1. The van der Waals surface area contributed by atoms with E-state index in [1.54, 1.807) is 0 Å². The molecule has 0 aliphatic carbocycles. The number of rotatable bonds is 6. The van der Waals surface area contributed by atoms with Gasteiger partial charge in [-0.3, -0.25) is 9.69 Å². The van der Waals surface area contributed by atoms with Crippen LogP contribution in [-0.4, -0.2) is 30.4 Å². The molecule has 1 N–H and O–H groups in total. The van der Waals surface area contributed by atoms with Crippen LogP contribution in [0.3, 0.4) is 0 Å². The third-order valence-electron chi connectivity index (χ3n) is 4.27. The van der Waals surface area contributed by atoms with Gasteiger partial charge in [0.05, 0.1) is 0 Å². The molecule has 1 amide bonds. The Morgan fingerprint density at radius 3 is 2.73 bits per heavy atom. The highest BCUT2D eigenvalue weighted by Crippen LogP contribution is 2.20. The lowest BCUT2D eigenvalue weighted by molar-refractivity contribution is -0.126. The van der Waals surface area contributed by atoms with Crippen LogP contribution >= 0.6 is 11.6 Å². The number of hydrogen-bond donors (Lipinski definition) is 1. The molecule has 1 heterocycles. The zero-order valence-electron chi connectivity index (χ0n) is 13.6. The van der Waals surface area contributed by atoms with Crippen LogP contribution < -0.4 is 5.32 Å². The van der Waals surface area contributed by atoms with Crippen molar-refractivity contribution in [1.82, 2.24) is 10.2 Å². The molecule has 1 aliphatic heterocycles. The summed E-state index contributed by atoms with van der Waals surface area (Å²) in [5, 5.41) is 3.87. The van der Waals surface area contributed by atoms with Crippen LogP contribution in [0.15, 0.2) is 24.3 Å². The molecule has 122 valence electrons. The number of amides is 1. The summed E-state index contributed by atoms with van der Waals surface area (Å²) >= 11 is 6.03. The van der Waals surface area contributed by atoms with Gasteiger partial charge >= 0.3 is 0 Å². The van der Waals surface area contributed by atoms with Gasteiger partial charge in [-0.05, 0) is 56.0 Å². The van der Waals surface area contributed by atoms with Crippen LogP contribution in [0.5, 0.6) is 0 Å². The van der Waals surface area contributed by atoms with E-state index >= 15 is 0 Å². The number of hydrogen-bond acceptors (Lipinski definition) is 2. The monoisotopic (exact) mass is 322 g/mol. The Hall–Kier alpha value is -1.06. The predicted octanol–water partition coefficient (Wildman–Crippen LogP) is 3.71. The molecule has 0 bridgehead atoms. The minimum absolute atomic E-state index is 0.183. The average molecular weight is 323 g/mol. The van der Waals surface area contributed by atoms with E-state index in [4.69, 9.17) is 11.6 Å². The fourth-order valence-corrected chi connectivity index (χ4v) is 3.09. The van der Waals surface area contributed by atoms with Gasteiger partial charge in [0, 0.05) is 24.0 Å². The van der Waals surface area contributed by atoms with Crippen LogP contribution in [0, 0.1) is 11.8 Å². The summed E-state index contributed by atoms with van der Waals surface area (Å²) in [6, 6.07) is 8.02. The first kappa shape index (κ1) is 17.3. The summed E-state index contributed by atoms with van der Waals surface area (Å²) < 4.78 is 0. The molecule has 1 aliphatic rings. The maximum absolute atomic E-state index is 12.1. The van der Waals surface area contributed by atoms with Gasteiger partial charge < -0.3 is 5.32 Å². The summed E-state index contributed by atoms with van der Waals surface area (Å²) in [6.07, 6.45) is 2.96. The molecule has 0 radical (unpaired) electrons. The van der Waals surface area contributed by atoms with Crippen LogP contribution in [0.25, 0.3) is 0 Å². The van der Waals surface area contributed by atoms with Gasteiger partial charge in [0.15, 0.2) is 0 Å². The molecule has 2 rings (SSSR count). The van der Waals surface area contributed by atoms with E-state index in [1.807, 2.05) is 18.2 Å². The van der Waals surface area contributed by atoms with Gasteiger partial charge in [0.25, 0.3) is 0 Å². The van der Waals surface area contributed by atoms with E-state index < -0.39 is 0 Å². The minimum Gasteiger partial charge on any atom is -0.356 e. The van der Waals surface area contributed by atoms with Gasteiger partial charge in [-0.25, -0.2) is 0 Å². The maximum atomic E-state index is 12.1. The van der Waals surface area contributed by atoms with E-state index in [0.717, 1.165) is 50.5 Å². The Kier molecular flexibility index (Phi) is 6.71. The summed E-state index contributed by atoms with van der Waals surface area (Å²) in [4.78, 5) is 14.5. The first-order chi connectivity index (χ1) is 10.5. The molecule has 4 heteroatoms. The zero-order valence-corrected chi connectivity index (χ0v) is 14.4. The minimum atomic E-state index is 0.183. The first-order valence-corrected chi connectivity index (χ1v) is 8.67. The molecule has 1 saturated heterocycles. The molecular weight excluding hydrogens is 296 g/mol. The highest BCUT2D eigenvalue weighted by molar-refractivity contribution is 6.30. The fourth-order valence-electron chi connectivity index (χ4n) is 2.88. The molecule has 3 nitrogen and oxygen atoms in total. The van der Waals surface area contributed by atoms with Crippen molar-refractivity contribution < 1.29 is 4.79 Å². The van der Waals surface area contributed by atoms with Crippen LogP contribution in [-0.2, 0) is 11.3 Å². The van der Waals surface area contributed by atoms with Gasteiger partial charge in [-0.2, -0.15) is 0 Å². The highest BCUT2D eigenvalue weighted by atomic mass is 35.5. The number of carbonyl (C=O) groups is 1. The topological polar surface area (TPSA) is 32.3 Å². The first-order valence-electron chi connectivity index (χ1n) is 8.29. The van der Waals surface area contributed by atoms with E-state index in [0.29, 0.717) is 5.92 Å². The molecule has 0 saturated carbocycles. The molecule has 22 heavy (non-hydrogen) atoms. The van der Waals surface area contributed by atoms with E-state index in [2.05, 4.69) is 30.1 Å². The molecule has 0 atom stereocenters. The normalized spacial score (nSPS) is 16.9. The largest absolute Gasteiger partial charge is 0.356 e. The molecule has 1 aromatic rings. The van der Waals surface area contributed by atoms with Crippen molar-refractivity contribution in [2.75, 3.05) is 19.6 Å². The second-order valence-corrected chi connectivity index (χ2v) is 7.09. The van der Waals surface area contributed by atoms with E-state index in [1.165, 1.54) is 5.56 Å². The summed E-state index contributed by atoms with van der Waals surface area (Å²) in [5.74, 6) is 1.06. The lowest BCUT2D eigenvalue weighted by atomic mass is 9.95. The molecule has 0 spiro atoms. The summed E-state index contributed by atoms with van der Waals surface area (Å²) in [6.45, 7) is 8.05. The van der Waals surface area contributed by atoms with Gasteiger partial charge in [0.2, 0.25) is 5.91 Å². The summed E-state index contributed by atoms with van der Waals surface area (Å²) in [7, 11) is 0. The summed E-state index contributed by atoms with van der Waals surface area (Å²) in [5.41, 5.74) is 1.24. The Balaban J connectivity index is 1.72. The standard InChI is InChI=1S/C18H27ClN2O/c1-14(2)6-9-20-18(22)16-7-10-21(11-8-16)13-15-4-3-5-17(19)12-15/h3-5,12,14,16H,6-11,13H2,1-2H3,(H,20,22). The Morgan fingerprint density at radius 1 is 1.36 bits per heavy atom. The van der Waals surface area contributed by atoms with Crippen molar-refractivity contribution >= 4 is 17.5 Å². The molecule has 0 aromatic heterocycles. The van der Waals surface area contributed by atoms with Crippen molar-refractivity contribution in [3.63, 3.8) is 0 Å². The number of halogens is 1. The number of nitrogens with one attached hydrogen (secondary N) is 1. The SMILES string of the molecule is CC(C)CCNC(=O)C1CCN(Cc2cccc(Cl)c2)CC1. The average Bonchev–Trinajstić information content (AvgIpc) is 2.47. The lowest BCUT2D eigenvalue weighted by Gasteiger charge is -2.31. The van der Waals surface area contributed by atoms with Crippen molar-refractivity contribution in [3.8, 4) is 0 Å². The maximum Gasteiger partial charge on any atom is 0.223 e. The van der Waals surface area contributed by atoms with Crippen LogP contribution in [0.1, 0.15) is 38.7 Å². The van der Waals surface area contributed by atoms with Crippen LogP contribution in [0.2, 0.25) is 5.02 Å². The second kappa shape index (κ2) is 8.54. The predicted molar refractivity (Wildman–Crippen MR) is 91.9 cm³/mol. The molecular formula is C18H27ClN2O. The van der Waals surface area contributed by atoms with Crippen molar-refractivity contribution in [2.45, 2.75) is 39.7 Å². The zero-order chi connectivity index (χ0) is 15.9. The Labute approximate surface area is 139 Å². The second-order valence-electron chi connectivity index (χ2n) is 6.65.